The van der Waals surface area contributed by atoms with Crippen LogP contribution in [0.5, 0.6) is 0 Å². The summed E-state index contributed by atoms with van der Waals surface area (Å²) in [5.74, 6) is -0.602. The number of rotatable bonds is 2. The van der Waals surface area contributed by atoms with Crippen molar-refractivity contribution in [2.75, 3.05) is 0 Å². The van der Waals surface area contributed by atoms with Crippen LogP contribution in [-0.4, -0.2) is 12.1 Å². The van der Waals surface area contributed by atoms with Crippen LogP contribution in [0.25, 0.3) is 6.08 Å². The van der Waals surface area contributed by atoms with Gasteiger partial charge in [-0.15, -0.1) is 0 Å². The first kappa shape index (κ1) is 12.5. The minimum absolute atomic E-state index is 0.241. The maximum absolute atomic E-state index is 15.4. The quantitative estimate of drug-likeness (QED) is 0.781. The van der Waals surface area contributed by atoms with Gasteiger partial charge in [-0.25, -0.2) is 4.39 Å². The average molecular weight is 266 g/mol. The molecule has 1 unspecified atom stereocenters. The van der Waals surface area contributed by atoms with Gasteiger partial charge in [-0.2, -0.15) is 0 Å². The first-order valence-corrected chi connectivity index (χ1v) is 6.23. The molecule has 0 spiro atoms. The fraction of sp³-hybridized carbons (Fsp3) is 0.0588. The second kappa shape index (κ2) is 4.53. The molecule has 0 bridgehead atoms. The number of aldehydes is 1. The van der Waals surface area contributed by atoms with Crippen LogP contribution in [0, 0.1) is 0 Å². The zero-order chi connectivity index (χ0) is 14.2. The Bertz CT molecular complexity index is 716. The molecule has 2 nitrogen and oxygen atoms in total. The molecule has 3 rings (SSSR count). The molecule has 1 atom stereocenters. The topological polar surface area (TPSA) is 34.1 Å². The molecule has 0 amide bonds. The minimum Gasteiger partial charge on any atom is -0.298 e. The van der Waals surface area contributed by atoms with Gasteiger partial charge < -0.3 is 0 Å². The van der Waals surface area contributed by atoms with Crippen molar-refractivity contribution >= 4 is 18.1 Å². The normalized spacial score (nSPS) is 20.6. The third-order valence-electron chi connectivity index (χ3n) is 3.53. The van der Waals surface area contributed by atoms with Gasteiger partial charge in [-0.1, -0.05) is 54.6 Å². The molecule has 20 heavy (non-hydrogen) atoms. The summed E-state index contributed by atoms with van der Waals surface area (Å²) >= 11 is 0. The highest BCUT2D eigenvalue weighted by Crippen LogP contribution is 2.40. The van der Waals surface area contributed by atoms with E-state index in [1.807, 2.05) is 0 Å². The third kappa shape index (κ3) is 1.71. The molecule has 0 aliphatic heterocycles. The largest absolute Gasteiger partial charge is 0.298 e. The van der Waals surface area contributed by atoms with Crippen molar-refractivity contribution in [1.29, 1.82) is 0 Å². The van der Waals surface area contributed by atoms with Gasteiger partial charge >= 0.3 is 0 Å². The number of alkyl halides is 1. The van der Waals surface area contributed by atoms with Crippen LogP contribution in [-0.2, 0) is 10.5 Å². The van der Waals surface area contributed by atoms with Crippen molar-refractivity contribution in [2.45, 2.75) is 5.67 Å². The SMILES string of the molecule is O=Cc1ccc(C2(F)C(=O)C=Cc3ccccc32)cc1. The molecule has 1 aliphatic rings. The predicted molar refractivity (Wildman–Crippen MR) is 74.2 cm³/mol. The fourth-order valence-corrected chi connectivity index (χ4v) is 2.46. The van der Waals surface area contributed by atoms with Gasteiger partial charge in [-0.05, 0) is 11.6 Å². The van der Waals surface area contributed by atoms with Gasteiger partial charge in [0.15, 0.2) is 0 Å². The van der Waals surface area contributed by atoms with E-state index in [0.717, 1.165) is 0 Å². The lowest BCUT2D eigenvalue weighted by Gasteiger charge is -2.28. The van der Waals surface area contributed by atoms with E-state index in [-0.39, 0.29) is 5.56 Å². The van der Waals surface area contributed by atoms with E-state index < -0.39 is 11.5 Å². The van der Waals surface area contributed by atoms with E-state index in [9.17, 15) is 9.59 Å². The average Bonchev–Trinajstić information content (AvgIpc) is 2.51. The third-order valence-corrected chi connectivity index (χ3v) is 3.53. The summed E-state index contributed by atoms with van der Waals surface area (Å²) in [4.78, 5) is 22.8. The molecule has 0 saturated heterocycles. The summed E-state index contributed by atoms with van der Waals surface area (Å²) in [6, 6.07) is 12.9. The standard InChI is InChI=1S/C17H11FO2/c18-17(14-8-5-12(11-19)6-9-14)15-4-2-1-3-13(15)7-10-16(17)20/h1-11H. The number of carbonyl (C=O) groups is 2. The lowest BCUT2D eigenvalue weighted by Crippen LogP contribution is -2.33. The van der Waals surface area contributed by atoms with Crippen LogP contribution in [0.4, 0.5) is 4.39 Å². The van der Waals surface area contributed by atoms with E-state index in [2.05, 4.69) is 0 Å². The number of benzene rings is 2. The van der Waals surface area contributed by atoms with Crippen molar-refractivity contribution in [3.8, 4) is 0 Å². The van der Waals surface area contributed by atoms with E-state index in [1.54, 1.807) is 30.3 Å². The van der Waals surface area contributed by atoms with Crippen molar-refractivity contribution < 1.29 is 14.0 Å². The smallest absolute Gasteiger partial charge is 0.223 e. The molecule has 0 heterocycles. The van der Waals surface area contributed by atoms with Crippen LogP contribution in [0.15, 0.2) is 54.6 Å². The van der Waals surface area contributed by atoms with Crippen molar-refractivity contribution in [1.82, 2.24) is 0 Å². The Balaban J connectivity index is 2.20. The predicted octanol–water partition coefficient (Wildman–Crippen LogP) is 3.31. The Morgan fingerprint density at radius 2 is 1.65 bits per heavy atom. The zero-order valence-electron chi connectivity index (χ0n) is 10.5. The van der Waals surface area contributed by atoms with Crippen LogP contribution in [0.1, 0.15) is 27.0 Å². The molecule has 2 aromatic carbocycles. The number of allylic oxidation sites excluding steroid dienone is 1. The highest BCUT2D eigenvalue weighted by Gasteiger charge is 2.43. The molecule has 0 saturated carbocycles. The molecular weight excluding hydrogens is 255 g/mol. The van der Waals surface area contributed by atoms with Gasteiger partial charge in [0.05, 0.1) is 0 Å². The van der Waals surface area contributed by atoms with Crippen molar-refractivity contribution in [3.05, 3.63) is 76.9 Å². The summed E-state index contributed by atoms with van der Waals surface area (Å²) in [7, 11) is 0. The maximum atomic E-state index is 15.4. The maximum Gasteiger partial charge on any atom is 0.223 e. The van der Waals surface area contributed by atoms with Crippen molar-refractivity contribution in [2.24, 2.45) is 0 Å². The monoisotopic (exact) mass is 266 g/mol. The van der Waals surface area contributed by atoms with E-state index in [1.165, 1.54) is 30.3 Å². The Labute approximate surface area is 115 Å². The van der Waals surface area contributed by atoms with Gasteiger partial charge in [0, 0.05) is 16.7 Å². The number of carbonyl (C=O) groups excluding carboxylic acids is 2. The fourth-order valence-electron chi connectivity index (χ4n) is 2.46. The van der Waals surface area contributed by atoms with Crippen LogP contribution >= 0.6 is 0 Å². The lowest BCUT2D eigenvalue weighted by molar-refractivity contribution is -0.123. The first-order chi connectivity index (χ1) is 9.66. The van der Waals surface area contributed by atoms with Crippen LogP contribution < -0.4 is 0 Å². The molecule has 0 aromatic heterocycles. The highest BCUT2D eigenvalue weighted by molar-refractivity contribution is 6.06. The number of fused-ring (bicyclic) bond motifs is 1. The Morgan fingerprint density at radius 1 is 0.950 bits per heavy atom. The van der Waals surface area contributed by atoms with Crippen molar-refractivity contribution in [3.63, 3.8) is 0 Å². The van der Waals surface area contributed by atoms with Gasteiger partial charge in [-0.3, -0.25) is 9.59 Å². The van der Waals surface area contributed by atoms with Gasteiger partial charge in [0.25, 0.3) is 0 Å². The van der Waals surface area contributed by atoms with Gasteiger partial charge in [0.2, 0.25) is 11.5 Å². The number of ketones is 1. The molecule has 3 heteroatoms. The number of hydrogen-bond donors (Lipinski definition) is 0. The second-order valence-electron chi connectivity index (χ2n) is 4.68. The summed E-state index contributed by atoms with van der Waals surface area (Å²) in [6.07, 6.45) is 3.57. The molecule has 2 aromatic rings. The molecule has 1 aliphatic carbocycles. The Morgan fingerprint density at radius 3 is 2.35 bits per heavy atom. The number of halogens is 1. The second-order valence-corrected chi connectivity index (χ2v) is 4.68. The van der Waals surface area contributed by atoms with Crippen LogP contribution in [0.3, 0.4) is 0 Å². The minimum atomic E-state index is -2.19. The summed E-state index contributed by atoms with van der Waals surface area (Å²) in [5, 5.41) is 0. The summed E-state index contributed by atoms with van der Waals surface area (Å²) in [5.41, 5.74) is -0.470. The molecule has 0 fully saturated rings. The Hall–Kier alpha value is -2.55. The van der Waals surface area contributed by atoms with E-state index in [4.69, 9.17) is 0 Å². The lowest BCUT2D eigenvalue weighted by atomic mass is 9.78. The zero-order valence-corrected chi connectivity index (χ0v) is 10.5. The molecule has 98 valence electrons. The molecule has 0 radical (unpaired) electrons. The van der Waals surface area contributed by atoms with Crippen LogP contribution in [0.2, 0.25) is 0 Å². The molecular formula is C17H11FO2. The highest BCUT2D eigenvalue weighted by atomic mass is 19.1. The first-order valence-electron chi connectivity index (χ1n) is 6.23. The molecule has 0 N–H and O–H groups in total. The summed E-state index contributed by atoms with van der Waals surface area (Å²) in [6.45, 7) is 0. The van der Waals surface area contributed by atoms with E-state index >= 15 is 4.39 Å². The van der Waals surface area contributed by atoms with E-state index in [0.29, 0.717) is 23.0 Å². The Kier molecular flexibility index (Phi) is 2.83. The number of hydrogen-bond acceptors (Lipinski definition) is 2. The summed E-state index contributed by atoms with van der Waals surface area (Å²) < 4.78 is 15.4. The van der Waals surface area contributed by atoms with Gasteiger partial charge in [0.1, 0.15) is 6.29 Å².